The standard InChI is InChI=1S/C17H21N3O4S2/c1-10(2)12-7-5-6-8-13(12)24-11(3)15(22)18-16-19-20-17(26-16)25-9-14(21)23-4/h5-8,10-11H,9H2,1-4H3,(H,18,19,22)/t11-/m1/s1. The molecule has 0 spiro atoms. The minimum atomic E-state index is -0.690. The Kier molecular flexibility index (Phi) is 7.40. The summed E-state index contributed by atoms with van der Waals surface area (Å²) in [5.74, 6) is 0.464. The van der Waals surface area contributed by atoms with Crippen LogP contribution in [-0.2, 0) is 14.3 Å². The maximum absolute atomic E-state index is 12.3. The third-order valence-electron chi connectivity index (χ3n) is 3.39. The molecule has 0 radical (unpaired) electrons. The maximum Gasteiger partial charge on any atom is 0.316 e. The number of esters is 1. The zero-order valence-corrected chi connectivity index (χ0v) is 16.6. The highest BCUT2D eigenvalue weighted by Gasteiger charge is 2.19. The summed E-state index contributed by atoms with van der Waals surface area (Å²) in [5.41, 5.74) is 1.05. The van der Waals surface area contributed by atoms with E-state index in [2.05, 4.69) is 34.1 Å². The summed E-state index contributed by atoms with van der Waals surface area (Å²) in [6, 6.07) is 7.66. The Balaban J connectivity index is 1.93. The normalized spacial score (nSPS) is 11.9. The molecule has 9 heteroatoms. The quantitative estimate of drug-likeness (QED) is 0.416. The van der Waals surface area contributed by atoms with E-state index < -0.39 is 6.10 Å². The van der Waals surface area contributed by atoms with Gasteiger partial charge in [0.25, 0.3) is 5.91 Å². The van der Waals surface area contributed by atoms with Crippen molar-refractivity contribution in [1.82, 2.24) is 10.2 Å². The van der Waals surface area contributed by atoms with Gasteiger partial charge in [0.2, 0.25) is 5.13 Å². The number of para-hydroxylation sites is 1. The number of carbonyl (C=O) groups is 2. The highest BCUT2D eigenvalue weighted by Crippen LogP contribution is 2.28. The summed E-state index contributed by atoms with van der Waals surface area (Å²) in [6.07, 6.45) is -0.690. The van der Waals surface area contributed by atoms with E-state index in [4.69, 9.17) is 4.74 Å². The number of hydrogen-bond acceptors (Lipinski definition) is 8. The lowest BCUT2D eigenvalue weighted by atomic mass is 10.0. The Morgan fingerprint density at radius 3 is 2.65 bits per heavy atom. The Labute approximate surface area is 160 Å². The van der Waals surface area contributed by atoms with Crippen LogP contribution in [0.15, 0.2) is 28.6 Å². The maximum atomic E-state index is 12.3. The number of amides is 1. The molecule has 1 aromatic heterocycles. The van der Waals surface area contributed by atoms with Gasteiger partial charge in [-0.3, -0.25) is 14.9 Å². The van der Waals surface area contributed by atoms with Gasteiger partial charge in [-0.1, -0.05) is 55.1 Å². The van der Waals surface area contributed by atoms with Crippen LogP contribution in [0.4, 0.5) is 5.13 Å². The molecular weight excluding hydrogens is 374 g/mol. The van der Waals surface area contributed by atoms with Crippen LogP contribution >= 0.6 is 23.1 Å². The van der Waals surface area contributed by atoms with Gasteiger partial charge in [0.1, 0.15) is 5.75 Å². The summed E-state index contributed by atoms with van der Waals surface area (Å²) < 4.78 is 11.0. The van der Waals surface area contributed by atoms with E-state index in [-0.39, 0.29) is 17.6 Å². The number of nitrogens with one attached hydrogen (secondary N) is 1. The van der Waals surface area contributed by atoms with Crippen molar-refractivity contribution in [2.75, 3.05) is 18.2 Å². The molecule has 0 saturated carbocycles. The van der Waals surface area contributed by atoms with Gasteiger partial charge < -0.3 is 9.47 Å². The van der Waals surface area contributed by atoms with Gasteiger partial charge in [0, 0.05) is 0 Å². The second-order valence-corrected chi connectivity index (χ2v) is 7.88. The summed E-state index contributed by atoms with van der Waals surface area (Å²) in [5, 5.41) is 10.9. The zero-order chi connectivity index (χ0) is 19.1. The van der Waals surface area contributed by atoms with Crippen molar-refractivity contribution in [1.29, 1.82) is 0 Å². The van der Waals surface area contributed by atoms with Crippen molar-refractivity contribution in [3.05, 3.63) is 29.8 Å². The molecule has 2 aromatic rings. The van der Waals surface area contributed by atoms with Gasteiger partial charge in [-0.15, -0.1) is 10.2 Å². The molecule has 0 aliphatic rings. The lowest BCUT2D eigenvalue weighted by Gasteiger charge is -2.18. The van der Waals surface area contributed by atoms with Gasteiger partial charge in [0.05, 0.1) is 12.9 Å². The van der Waals surface area contributed by atoms with E-state index in [1.54, 1.807) is 6.92 Å². The van der Waals surface area contributed by atoms with E-state index in [1.807, 2.05) is 24.3 Å². The van der Waals surface area contributed by atoms with Crippen LogP contribution in [0.25, 0.3) is 0 Å². The van der Waals surface area contributed by atoms with Crippen LogP contribution in [0.3, 0.4) is 0 Å². The monoisotopic (exact) mass is 395 g/mol. The number of benzene rings is 1. The third kappa shape index (κ3) is 5.70. The molecule has 1 heterocycles. The van der Waals surface area contributed by atoms with Crippen LogP contribution in [-0.4, -0.2) is 41.0 Å². The number of hydrogen-bond donors (Lipinski definition) is 1. The van der Waals surface area contributed by atoms with Crippen LogP contribution in [0.5, 0.6) is 5.75 Å². The molecule has 2 rings (SSSR count). The molecule has 26 heavy (non-hydrogen) atoms. The van der Waals surface area contributed by atoms with Crippen LogP contribution < -0.4 is 10.1 Å². The number of anilines is 1. The van der Waals surface area contributed by atoms with Gasteiger partial charge in [-0.25, -0.2) is 0 Å². The fourth-order valence-electron chi connectivity index (χ4n) is 2.01. The molecule has 0 fully saturated rings. The summed E-state index contributed by atoms with van der Waals surface area (Å²) >= 11 is 2.40. The Morgan fingerprint density at radius 1 is 1.23 bits per heavy atom. The molecule has 0 unspecified atom stereocenters. The Bertz CT molecular complexity index is 764. The number of nitrogens with zero attached hydrogens (tertiary/aromatic N) is 2. The Morgan fingerprint density at radius 2 is 1.96 bits per heavy atom. The van der Waals surface area contributed by atoms with Crippen molar-refractivity contribution < 1.29 is 19.1 Å². The van der Waals surface area contributed by atoms with Gasteiger partial charge >= 0.3 is 5.97 Å². The number of rotatable bonds is 8. The molecule has 140 valence electrons. The summed E-state index contributed by atoms with van der Waals surface area (Å²) in [4.78, 5) is 23.5. The molecule has 7 nitrogen and oxygen atoms in total. The second-order valence-electron chi connectivity index (χ2n) is 5.68. The molecule has 1 atom stereocenters. The van der Waals surface area contributed by atoms with E-state index in [9.17, 15) is 9.59 Å². The fraction of sp³-hybridized carbons (Fsp3) is 0.412. The minimum Gasteiger partial charge on any atom is -0.481 e. The van der Waals surface area contributed by atoms with Crippen molar-refractivity contribution in [2.45, 2.75) is 37.1 Å². The van der Waals surface area contributed by atoms with Crippen LogP contribution in [0, 0.1) is 0 Å². The zero-order valence-electron chi connectivity index (χ0n) is 15.0. The minimum absolute atomic E-state index is 0.143. The summed E-state index contributed by atoms with van der Waals surface area (Å²) in [7, 11) is 1.33. The van der Waals surface area contributed by atoms with E-state index in [0.717, 1.165) is 5.56 Å². The molecule has 0 aliphatic heterocycles. The SMILES string of the molecule is COC(=O)CSc1nnc(NC(=O)[C@@H](C)Oc2ccccc2C(C)C)s1. The average Bonchev–Trinajstić information content (AvgIpc) is 3.07. The highest BCUT2D eigenvalue weighted by molar-refractivity contribution is 8.01. The lowest BCUT2D eigenvalue weighted by Crippen LogP contribution is -2.30. The topological polar surface area (TPSA) is 90.4 Å². The lowest BCUT2D eigenvalue weighted by molar-refractivity contribution is -0.137. The molecule has 1 amide bonds. The number of ether oxygens (including phenoxy) is 2. The number of thioether (sulfide) groups is 1. The molecule has 1 N–H and O–H groups in total. The van der Waals surface area contributed by atoms with Crippen molar-refractivity contribution >= 4 is 40.1 Å². The predicted octanol–water partition coefficient (Wildman–Crippen LogP) is 3.33. The van der Waals surface area contributed by atoms with E-state index in [0.29, 0.717) is 21.1 Å². The smallest absolute Gasteiger partial charge is 0.316 e. The number of aromatic nitrogens is 2. The number of carbonyl (C=O) groups excluding carboxylic acids is 2. The van der Waals surface area contributed by atoms with E-state index in [1.165, 1.54) is 30.2 Å². The fourth-order valence-corrected chi connectivity index (χ4v) is 3.60. The van der Waals surface area contributed by atoms with Crippen LogP contribution in [0.2, 0.25) is 0 Å². The third-order valence-corrected chi connectivity index (χ3v) is 5.34. The largest absolute Gasteiger partial charge is 0.481 e. The first-order chi connectivity index (χ1) is 12.4. The van der Waals surface area contributed by atoms with Crippen molar-refractivity contribution in [3.8, 4) is 5.75 Å². The van der Waals surface area contributed by atoms with Gasteiger partial charge in [-0.2, -0.15) is 0 Å². The average molecular weight is 396 g/mol. The van der Waals surface area contributed by atoms with E-state index >= 15 is 0 Å². The highest BCUT2D eigenvalue weighted by atomic mass is 32.2. The molecule has 1 aromatic carbocycles. The summed E-state index contributed by atoms with van der Waals surface area (Å²) in [6.45, 7) is 5.82. The molecule has 0 aliphatic carbocycles. The van der Waals surface area contributed by atoms with Gasteiger partial charge in [-0.05, 0) is 24.5 Å². The Hall–Kier alpha value is -2.13. The predicted molar refractivity (Wildman–Crippen MR) is 102 cm³/mol. The first-order valence-corrected chi connectivity index (χ1v) is 9.80. The molecule has 0 bridgehead atoms. The van der Waals surface area contributed by atoms with Crippen LogP contribution in [0.1, 0.15) is 32.3 Å². The van der Waals surface area contributed by atoms with Gasteiger partial charge in [0.15, 0.2) is 10.4 Å². The molecular formula is C17H21N3O4S2. The van der Waals surface area contributed by atoms with Crippen molar-refractivity contribution in [3.63, 3.8) is 0 Å². The second kappa shape index (κ2) is 9.54. The first-order valence-electron chi connectivity index (χ1n) is 8.00. The van der Waals surface area contributed by atoms with Crippen molar-refractivity contribution in [2.24, 2.45) is 0 Å². The molecule has 0 saturated heterocycles. The number of methoxy groups -OCH3 is 1. The first kappa shape index (κ1) is 20.2.